The highest BCUT2D eigenvalue weighted by atomic mass is 32.2. The van der Waals surface area contributed by atoms with Gasteiger partial charge in [0.05, 0.1) is 4.90 Å². The van der Waals surface area contributed by atoms with Gasteiger partial charge in [-0.1, -0.05) is 0 Å². The molecule has 4 rings (SSSR count). The molecule has 1 atom stereocenters. The van der Waals surface area contributed by atoms with Crippen LogP contribution in [-0.2, 0) is 19.6 Å². The van der Waals surface area contributed by atoms with Crippen LogP contribution in [0.25, 0.3) is 0 Å². The van der Waals surface area contributed by atoms with E-state index in [-0.39, 0.29) is 48.8 Å². The standard InChI is InChI=1S/C20H24F3N3O5S/c21-20(22,23)31-15-5-7-16(8-6-15)32(29,30)25-12-10-24(11-13-25)19(28)17-2-1-9-26(17)18(27)14-3-4-14/h5-8,14,17H,1-4,9-13H2. The fourth-order valence-corrected chi connectivity index (χ4v) is 5.60. The minimum atomic E-state index is -4.86. The number of halogens is 3. The van der Waals surface area contributed by atoms with Crippen molar-refractivity contribution in [1.29, 1.82) is 0 Å². The van der Waals surface area contributed by atoms with E-state index < -0.39 is 28.2 Å². The Morgan fingerprint density at radius 3 is 2.09 bits per heavy atom. The average Bonchev–Trinajstić information content (AvgIpc) is 3.48. The van der Waals surface area contributed by atoms with Crippen LogP contribution in [0.1, 0.15) is 25.7 Å². The summed E-state index contributed by atoms with van der Waals surface area (Å²) in [5.41, 5.74) is 0. The van der Waals surface area contributed by atoms with Crippen molar-refractivity contribution in [2.45, 2.75) is 43.0 Å². The van der Waals surface area contributed by atoms with E-state index in [2.05, 4.69) is 4.74 Å². The van der Waals surface area contributed by atoms with Gasteiger partial charge in [-0.25, -0.2) is 8.42 Å². The normalized spacial score (nSPS) is 22.8. The molecule has 1 aromatic rings. The fraction of sp³-hybridized carbons (Fsp3) is 0.600. The average molecular weight is 475 g/mol. The van der Waals surface area contributed by atoms with E-state index in [1.54, 1.807) is 9.80 Å². The molecule has 1 aliphatic carbocycles. The summed E-state index contributed by atoms with van der Waals surface area (Å²) >= 11 is 0. The van der Waals surface area contributed by atoms with Gasteiger partial charge in [-0.05, 0) is 49.9 Å². The number of amides is 2. The lowest BCUT2D eigenvalue weighted by Gasteiger charge is -2.36. The molecule has 8 nitrogen and oxygen atoms in total. The molecule has 2 saturated heterocycles. The van der Waals surface area contributed by atoms with Gasteiger partial charge < -0.3 is 14.5 Å². The summed E-state index contributed by atoms with van der Waals surface area (Å²) in [5, 5.41) is 0. The molecule has 1 unspecified atom stereocenters. The van der Waals surface area contributed by atoms with Crippen LogP contribution in [0.2, 0.25) is 0 Å². The zero-order valence-electron chi connectivity index (χ0n) is 17.3. The molecule has 32 heavy (non-hydrogen) atoms. The topological polar surface area (TPSA) is 87.2 Å². The van der Waals surface area contributed by atoms with Crippen LogP contribution in [0.4, 0.5) is 13.2 Å². The minimum absolute atomic E-state index is 0.0401. The SMILES string of the molecule is O=C(C1CCCN1C(=O)C1CC1)N1CCN(S(=O)(=O)c2ccc(OC(F)(F)F)cc2)CC1. The summed E-state index contributed by atoms with van der Waals surface area (Å²) in [5.74, 6) is -0.575. The van der Waals surface area contributed by atoms with E-state index >= 15 is 0 Å². The molecule has 0 N–H and O–H groups in total. The number of carbonyl (C=O) groups excluding carboxylic acids is 2. The molecule has 0 spiro atoms. The Labute approximate surface area is 183 Å². The Hall–Kier alpha value is -2.34. The second kappa shape index (κ2) is 8.54. The summed E-state index contributed by atoms with van der Waals surface area (Å²) in [6.45, 7) is 1.09. The van der Waals surface area contributed by atoms with Gasteiger partial charge in [0.25, 0.3) is 0 Å². The maximum absolute atomic E-state index is 13.0. The maximum atomic E-state index is 13.0. The zero-order chi connectivity index (χ0) is 23.1. The Morgan fingerprint density at radius 2 is 1.53 bits per heavy atom. The van der Waals surface area contributed by atoms with Crippen LogP contribution in [0.15, 0.2) is 29.2 Å². The third-order valence-electron chi connectivity index (χ3n) is 5.99. The maximum Gasteiger partial charge on any atom is 0.573 e. The van der Waals surface area contributed by atoms with E-state index in [0.717, 1.165) is 43.5 Å². The quantitative estimate of drug-likeness (QED) is 0.649. The first-order valence-electron chi connectivity index (χ1n) is 10.5. The number of piperazine rings is 1. The first-order valence-corrected chi connectivity index (χ1v) is 12.0. The second-order valence-corrected chi connectivity index (χ2v) is 10.2. The number of hydrogen-bond acceptors (Lipinski definition) is 5. The van der Waals surface area contributed by atoms with Crippen molar-refractivity contribution >= 4 is 21.8 Å². The third-order valence-corrected chi connectivity index (χ3v) is 7.91. The number of benzene rings is 1. The van der Waals surface area contributed by atoms with Crippen molar-refractivity contribution in [3.8, 4) is 5.75 Å². The van der Waals surface area contributed by atoms with Crippen molar-refractivity contribution in [2.24, 2.45) is 5.92 Å². The van der Waals surface area contributed by atoms with E-state index in [1.807, 2.05) is 0 Å². The molecule has 2 amide bonds. The van der Waals surface area contributed by atoms with E-state index in [1.165, 1.54) is 4.31 Å². The third kappa shape index (κ3) is 4.85. The molecular weight excluding hydrogens is 451 g/mol. The van der Waals surface area contributed by atoms with Gasteiger partial charge in [0.1, 0.15) is 11.8 Å². The predicted octanol–water partition coefficient (Wildman–Crippen LogP) is 1.82. The van der Waals surface area contributed by atoms with E-state index in [9.17, 15) is 31.2 Å². The highest BCUT2D eigenvalue weighted by molar-refractivity contribution is 7.89. The molecular formula is C20H24F3N3O5S. The monoisotopic (exact) mass is 475 g/mol. The number of nitrogens with zero attached hydrogens (tertiary/aromatic N) is 3. The molecule has 3 aliphatic rings. The summed E-state index contributed by atoms with van der Waals surface area (Å²) < 4.78 is 67.5. The lowest BCUT2D eigenvalue weighted by Crippen LogP contribution is -2.55. The molecule has 176 valence electrons. The van der Waals surface area contributed by atoms with Gasteiger partial charge in [-0.3, -0.25) is 9.59 Å². The summed E-state index contributed by atoms with van der Waals surface area (Å²) in [6.07, 6.45) is -1.73. The first-order chi connectivity index (χ1) is 15.1. The summed E-state index contributed by atoms with van der Waals surface area (Å²) in [7, 11) is -3.92. The van der Waals surface area contributed by atoms with Crippen LogP contribution in [-0.4, -0.2) is 79.5 Å². The smallest absolute Gasteiger partial charge is 0.406 e. The largest absolute Gasteiger partial charge is 0.573 e. The highest BCUT2D eigenvalue weighted by Crippen LogP contribution is 2.34. The highest BCUT2D eigenvalue weighted by Gasteiger charge is 2.43. The van der Waals surface area contributed by atoms with Crippen LogP contribution in [0.5, 0.6) is 5.75 Å². The van der Waals surface area contributed by atoms with Crippen molar-refractivity contribution < 1.29 is 35.9 Å². The predicted molar refractivity (Wildman–Crippen MR) is 106 cm³/mol. The number of hydrogen-bond donors (Lipinski definition) is 0. The van der Waals surface area contributed by atoms with Crippen molar-refractivity contribution in [3.63, 3.8) is 0 Å². The van der Waals surface area contributed by atoms with Crippen LogP contribution in [0, 0.1) is 5.92 Å². The summed E-state index contributed by atoms with van der Waals surface area (Å²) in [6, 6.07) is 3.55. The van der Waals surface area contributed by atoms with Gasteiger partial charge in [0.2, 0.25) is 21.8 Å². The molecule has 2 heterocycles. The van der Waals surface area contributed by atoms with Crippen molar-refractivity contribution in [1.82, 2.24) is 14.1 Å². The number of sulfonamides is 1. The second-order valence-electron chi connectivity index (χ2n) is 8.21. The Balaban J connectivity index is 1.36. The van der Waals surface area contributed by atoms with Gasteiger partial charge in [-0.2, -0.15) is 4.31 Å². The zero-order valence-corrected chi connectivity index (χ0v) is 18.1. The fourth-order valence-electron chi connectivity index (χ4n) is 4.17. The molecule has 1 aromatic carbocycles. The van der Waals surface area contributed by atoms with E-state index in [0.29, 0.717) is 13.0 Å². The van der Waals surface area contributed by atoms with E-state index in [4.69, 9.17) is 0 Å². The Bertz CT molecular complexity index is 971. The molecule has 2 aliphatic heterocycles. The lowest BCUT2D eigenvalue weighted by molar-refractivity contribution is -0.274. The van der Waals surface area contributed by atoms with Gasteiger partial charge in [0, 0.05) is 38.6 Å². The Kier molecular flexibility index (Phi) is 6.10. The Morgan fingerprint density at radius 1 is 0.906 bits per heavy atom. The van der Waals surface area contributed by atoms with Crippen LogP contribution in [0.3, 0.4) is 0 Å². The minimum Gasteiger partial charge on any atom is -0.406 e. The van der Waals surface area contributed by atoms with Crippen molar-refractivity contribution in [3.05, 3.63) is 24.3 Å². The molecule has 0 aromatic heterocycles. The lowest BCUT2D eigenvalue weighted by atomic mass is 10.1. The first kappa shape index (κ1) is 22.8. The van der Waals surface area contributed by atoms with Gasteiger partial charge in [-0.15, -0.1) is 13.2 Å². The molecule has 0 bridgehead atoms. The molecule has 1 saturated carbocycles. The number of likely N-dealkylation sites (tertiary alicyclic amines) is 1. The number of ether oxygens (including phenoxy) is 1. The van der Waals surface area contributed by atoms with Crippen LogP contribution >= 0.6 is 0 Å². The van der Waals surface area contributed by atoms with Gasteiger partial charge in [0.15, 0.2) is 0 Å². The molecule has 0 radical (unpaired) electrons. The summed E-state index contributed by atoms with van der Waals surface area (Å²) in [4.78, 5) is 28.6. The van der Waals surface area contributed by atoms with Gasteiger partial charge >= 0.3 is 6.36 Å². The molecule has 3 fully saturated rings. The van der Waals surface area contributed by atoms with Crippen LogP contribution < -0.4 is 4.74 Å². The van der Waals surface area contributed by atoms with Crippen molar-refractivity contribution in [2.75, 3.05) is 32.7 Å². The number of carbonyl (C=O) groups is 2. The molecule has 12 heteroatoms. The number of rotatable bonds is 5. The number of alkyl halides is 3.